The van der Waals surface area contributed by atoms with E-state index in [9.17, 15) is 22.4 Å². The number of aromatic carboxylic acids is 1. The van der Waals surface area contributed by atoms with Crippen LogP contribution in [0.15, 0.2) is 18.2 Å². The highest BCUT2D eigenvalue weighted by molar-refractivity contribution is 5.94. The maximum atomic E-state index is 12.9. The van der Waals surface area contributed by atoms with Crippen LogP contribution in [0.5, 0.6) is 0 Å². The Morgan fingerprint density at radius 1 is 1.33 bits per heavy atom. The number of nitrogens with one attached hydrogen (secondary N) is 1. The van der Waals surface area contributed by atoms with Crippen LogP contribution in [0.4, 0.5) is 23.2 Å². The van der Waals surface area contributed by atoms with Gasteiger partial charge in [-0.2, -0.15) is 13.2 Å². The van der Waals surface area contributed by atoms with Crippen LogP contribution in [0.25, 0.3) is 0 Å². The third-order valence-corrected chi connectivity index (χ3v) is 2.88. The molecule has 0 spiro atoms. The molecule has 0 aliphatic heterocycles. The topological polar surface area (TPSA) is 49.3 Å². The van der Waals surface area contributed by atoms with E-state index < -0.39 is 29.1 Å². The number of alkyl halides is 3. The van der Waals surface area contributed by atoms with Crippen LogP contribution < -0.4 is 5.32 Å². The number of anilines is 1. The van der Waals surface area contributed by atoms with Crippen LogP contribution in [-0.2, 0) is 0 Å². The molecule has 2 rings (SSSR count). The van der Waals surface area contributed by atoms with Crippen molar-refractivity contribution in [1.29, 1.82) is 0 Å². The molecule has 0 radical (unpaired) electrons. The molecule has 7 heteroatoms. The van der Waals surface area contributed by atoms with Crippen molar-refractivity contribution in [2.24, 2.45) is 0 Å². The normalized spacial score (nSPS) is 17.3. The molecule has 18 heavy (non-hydrogen) atoms. The Kier molecular flexibility index (Phi) is 2.71. The minimum Gasteiger partial charge on any atom is -0.478 e. The van der Waals surface area contributed by atoms with Crippen molar-refractivity contribution < 1.29 is 27.5 Å². The van der Waals surface area contributed by atoms with E-state index in [0.717, 1.165) is 12.1 Å². The van der Waals surface area contributed by atoms with E-state index in [2.05, 4.69) is 5.32 Å². The van der Waals surface area contributed by atoms with Crippen LogP contribution in [0.3, 0.4) is 0 Å². The Hall–Kier alpha value is -1.79. The first-order valence-corrected chi connectivity index (χ1v) is 5.13. The third-order valence-electron chi connectivity index (χ3n) is 2.88. The average molecular weight is 263 g/mol. The monoisotopic (exact) mass is 263 g/mol. The number of halogens is 4. The molecule has 3 nitrogen and oxygen atoms in total. The fourth-order valence-electron chi connectivity index (χ4n) is 1.66. The summed E-state index contributed by atoms with van der Waals surface area (Å²) >= 11 is 0. The van der Waals surface area contributed by atoms with Crippen molar-refractivity contribution in [2.75, 3.05) is 5.32 Å². The molecule has 0 heterocycles. The number of carbonyl (C=O) groups is 1. The first-order chi connectivity index (χ1) is 8.25. The molecule has 0 amide bonds. The maximum Gasteiger partial charge on any atom is 0.411 e. The van der Waals surface area contributed by atoms with Gasteiger partial charge in [-0.1, -0.05) is 0 Å². The van der Waals surface area contributed by atoms with Gasteiger partial charge >= 0.3 is 12.1 Å². The van der Waals surface area contributed by atoms with Gasteiger partial charge in [-0.25, -0.2) is 9.18 Å². The lowest BCUT2D eigenvalue weighted by molar-refractivity contribution is -0.151. The van der Waals surface area contributed by atoms with Crippen LogP contribution in [-0.4, -0.2) is 22.8 Å². The Morgan fingerprint density at radius 3 is 2.39 bits per heavy atom. The van der Waals surface area contributed by atoms with Gasteiger partial charge in [0.25, 0.3) is 0 Å². The van der Waals surface area contributed by atoms with Crippen molar-refractivity contribution in [1.82, 2.24) is 0 Å². The summed E-state index contributed by atoms with van der Waals surface area (Å²) in [5, 5.41) is 11.0. The molecule has 0 saturated heterocycles. The van der Waals surface area contributed by atoms with Crippen molar-refractivity contribution in [3.05, 3.63) is 29.6 Å². The summed E-state index contributed by atoms with van der Waals surface area (Å²) in [6.45, 7) is 0. The van der Waals surface area contributed by atoms with Crippen molar-refractivity contribution in [3.8, 4) is 0 Å². The van der Waals surface area contributed by atoms with Gasteiger partial charge < -0.3 is 10.4 Å². The molecule has 1 aromatic rings. The molecule has 0 atom stereocenters. The second-order valence-electron chi connectivity index (χ2n) is 4.20. The number of hydrogen-bond acceptors (Lipinski definition) is 2. The Balaban J connectivity index is 2.33. The lowest BCUT2D eigenvalue weighted by Gasteiger charge is -2.22. The molecule has 2 N–H and O–H groups in total. The summed E-state index contributed by atoms with van der Waals surface area (Å²) in [5.74, 6) is -2.29. The number of carboxylic acid groups (broad SMARTS) is 1. The summed E-state index contributed by atoms with van der Waals surface area (Å²) in [5.41, 5.74) is -2.81. The quantitative estimate of drug-likeness (QED) is 0.824. The molecule has 1 saturated carbocycles. The SMILES string of the molecule is O=C(O)c1cc(F)ccc1NC1(C(F)(F)F)CC1. The Morgan fingerprint density at radius 2 is 1.94 bits per heavy atom. The number of hydrogen-bond donors (Lipinski definition) is 2. The Bertz CT molecular complexity index is 494. The van der Waals surface area contributed by atoms with Gasteiger partial charge in [0.05, 0.1) is 5.56 Å². The minimum absolute atomic E-state index is 0.118. The second kappa shape index (κ2) is 3.86. The number of benzene rings is 1. The zero-order valence-corrected chi connectivity index (χ0v) is 9.01. The lowest BCUT2D eigenvalue weighted by atomic mass is 10.1. The van der Waals surface area contributed by atoms with Crippen molar-refractivity contribution in [3.63, 3.8) is 0 Å². The van der Waals surface area contributed by atoms with E-state index in [-0.39, 0.29) is 18.5 Å². The van der Waals surface area contributed by atoms with Crippen molar-refractivity contribution >= 4 is 11.7 Å². The zero-order chi connectivity index (χ0) is 13.6. The van der Waals surface area contributed by atoms with Gasteiger partial charge in [-0.3, -0.25) is 0 Å². The van der Waals surface area contributed by atoms with E-state index in [1.54, 1.807) is 0 Å². The van der Waals surface area contributed by atoms with E-state index >= 15 is 0 Å². The largest absolute Gasteiger partial charge is 0.478 e. The summed E-state index contributed by atoms with van der Waals surface area (Å²) in [7, 11) is 0. The summed E-state index contributed by atoms with van der Waals surface area (Å²) in [4.78, 5) is 10.8. The minimum atomic E-state index is -4.46. The molecular weight excluding hydrogens is 254 g/mol. The highest BCUT2D eigenvalue weighted by Crippen LogP contribution is 2.51. The summed E-state index contributed by atoms with van der Waals surface area (Å²) in [6, 6.07) is 2.61. The molecule has 0 aromatic heterocycles. The van der Waals surface area contributed by atoms with Gasteiger partial charge in [0.2, 0.25) is 0 Å². The molecule has 0 unspecified atom stereocenters. The predicted molar refractivity (Wildman–Crippen MR) is 55.0 cm³/mol. The predicted octanol–water partition coefficient (Wildman–Crippen LogP) is 3.03. The van der Waals surface area contributed by atoms with Crippen LogP contribution >= 0.6 is 0 Å². The standard InChI is InChI=1S/C11H9F4NO2/c12-6-1-2-8(7(5-6)9(17)18)16-10(3-4-10)11(13,14)15/h1-2,5,16H,3-4H2,(H,17,18). The smallest absolute Gasteiger partial charge is 0.411 e. The third kappa shape index (κ3) is 2.12. The summed E-state index contributed by atoms with van der Waals surface area (Å²) < 4.78 is 51.0. The van der Waals surface area contributed by atoms with Gasteiger partial charge in [0.15, 0.2) is 0 Å². The fraction of sp³-hybridized carbons (Fsp3) is 0.364. The molecule has 1 aromatic carbocycles. The summed E-state index contributed by atoms with van der Waals surface area (Å²) in [6.07, 6.45) is -4.70. The number of carboxylic acids is 1. The first-order valence-electron chi connectivity index (χ1n) is 5.13. The highest BCUT2D eigenvalue weighted by atomic mass is 19.4. The molecule has 1 fully saturated rings. The van der Waals surface area contributed by atoms with Crippen LogP contribution in [0, 0.1) is 5.82 Å². The van der Waals surface area contributed by atoms with E-state index in [4.69, 9.17) is 5.11 Å². The molecule has 98 valence electrons. The zero-order valence-electron chi connectivity index (χ0n) is 9.01. The van der Waals surface area contributed by atoms with E-state index in [1.807, 2.05) is 0 Å². The Labute approximate surface area is 99.4 Å². The average Bonchev–Trinajstić information content (AvgIpc) is 3.00. The molecule has 1 aliphatic rings. The number of rotatable bonds is 3. The van der Waals surface area contributed by atoms with Gasteiger partial charge in [0.1, 0.15) is 11.4 Å². The van der Waals surface area contributed by atoms with Gasteiger partial charge in [-0.05, 0) is 31.0 Å². The second-order valence-corrected chi connectivity index (χ2v) is 4.20. The maximum absolute atomic E-state index is 12.9. The lowest BCUT2D eigenvalue weighted by Crippen LogP contribution is -2.39. The molecule has 0 bridgehead atoms. The fourth-order valence-corrected chi connectivity index (χ4v) is 1.66. The van der Waals surface area contributed by atoms with Crippen molar-refractivity contribution in [2.45, 2.75) is 24.6 Å². The molecule has 1 aliphatic carbocycles. The van der Waals surface area contributed by atoms with Gasteiger partial charge in [-0.15, -0.1) is 0 Å². The van der Waals surface area contributed by atoms with E-state index in [1.165, 1.54) is 0 Å². The van der Waals surface area contributed by atoms with Gasteiger partial charge in [0, 0.05) is 5.69 Å². The highest BCUT2D eigenvalue weighted by Gasteiger charge is 2.63. The molecular formula is C11H9F4NO2. The first kappa shape index (κ1) is 12.7. The van der Waals surface area contributed by atoms with Crippen LogP contribution in [0.2, 0.25) is 0 Å². The van der Waals surface area contributed by atoms with Crippen LogP contribution in [0.1, 0.15) is 23.2 Å². The van der Waals surface area contributed by atoms with E-state index in [0.29, 0.717) is 6.07 Å².